The van der Waals surface area contributed by atoms with Gasteiger partial charge in [-0.25, -0.2) is 4.79 Å². The van der Waals surface area contributed by atoms with Crippen molar-refractivity contribution in [1.29, 1.82) is 0 Å². The Morgan fingerprint density at radius 2 is 1.91 bits per heavy atom. The molecule has 0 spiro atoms. The van der Waals surface area contributed by atoms with Gasteiger partial charge in [0.1, 0.15) is 6.04 Å². The Bertz CT molecular complexity index is 527. The highest BCUT2D eigenvalue weighted by Gasteiger charge is 2.27. The van der Waals surface area contributed by atoms with E-state index in [0.717, 1.165) is 12.8 Å². The van der Waals surface area contributed by atoms with Crippen molar-refractivity contribution in [3.8, 4) is 0 Å². The number of nitrogens with zero attached hydrogens (tertiary/aromatic N) is 3. The Kier molecular flexibility index (Phi) is 5.28. The first-order valence-electron chi connectivity index (χ1n) is 8.13. The number of carbonyl (C=O) groups excluding carboxylic acids is 2. The van der Waals surface area contributed by atoms with Crippen LogP contribution in [0, 0.1) is 0 Å². The third kappa shape index (κ3) is 4.97. The largest absolute Gasteiger partial charge is 0.351 e. The fourth-order valence-electron chi connectivity index (χ4n) is 2.58. The summed E-state index contributed by atoms with van der Waals surface area (Å²) in [6, 6.07) is 1.55. The highest BCUT2D eigenvalue weighted by atomic mass is 16.2. The zero-order valence-electron chi connectivity index (χ0n) is 14.4. The third-order valence-electron chi connectivity index (χ3n) is 3.91. The second kappa shape index (κ2) is 7.02. The van der Waals surface area contributed by atoms with Crippen molar-refractivity contribution in [2.45, 2.75) is 58.2 Å². The number of urea groups is 1. The highest BCUT2D eigenvalue weighted by molar-refractivity contribution is 5.80. The van der Waals surface area contributed by atoms with E-state index < -0.39 is 0 Å². The van der Waals surface area contributed by atoms with Crippen LogP contribution >= 0.6 is 0 Å². The Morgan fingerprint density at radius 3 is 2.43 bits per heavy atom. The monoisotopic (exact) mass is 321 g/mol. The number of rotatable bonds is 3. The number of hydrogen-bond acceptors (Lipinski definition) is 3. The lowest BCUT2D eigenvalue weighted by Crippen LogP contribution is -2.53. The van der Waals surface area contributed by atoms with Crippen LogP contribution in [0.25, 0.3) is 0 Å². The molecule has 2 N–H and O–H groups in total. The highest BCUT2D eigenvalue weighted by Crippen LogP contribution is 2.13. The van der Waals surface area contributed by atoms with Crippen LogP contribution in [0.15, 0.2) is 18.5 Å². The van der Waals surface area contributed by atoms with Gasteiger partial charge < -0.3 is 15.5 Å². The lowest BCUT2D eigenvalue weighted by Gasteiger charge is -2.34. The van der Waals surface area contributed by atoms with Gasteiger partial charge in [0.25, 0.3) is 0 Å². The van der Waals surface area contributed by atoms with Crippen LogP contribution < -0.4 is 10.6 Å². The molecule has 1 aliphatic heterocycles. The Labute approximate surface area is 137 Å². The predicted octanol–water partition coefficient (Wildman–Crippen LogP) is 1.53. The number of carbonyl (C=O) groups is 2. The van der Waals surface area contributed by atoms with E-state index in [1.54, 1.807) is 23.1 Å². The number of aromatic nitrogens is 2. The van der Waals surface area contributed by atoms with Crippen LogP contribution in [0.2, 0.25) is 0 Å². The summed E-state index contributed by atoms with van der Waals surface area (Å²) < 4.78 is 1.64. The quantitative estimate of drug-likeness (QED) is 0.886. The van der Waals surface area contributed by atoms with Crippen LogP contribution in [-0.2, 0) is 4.79 Å². The normalized spacial score (nSPS) is 17.7. The standard InChI is InChI=1S/C16H27N5O2/c1-12(21-9-5-8-17-21)14(22)18-13-6-10-20(11-7-13)15(23)19-16(2,3)4/h5,8-9,12-13H,6-7,10-11H2,1-4H3,(H,18,22)(H,19,23). The molecule has 0 radical (unpaired) electrons. The van der Waals surface area contributed by atoms with E-state index in [1.165, 1.54) is 0 Å². The molecule has 1 fully saturated rings. The smallest absolute Gasteiger partial charge is 0.317 e. The van der Waals surface area contributed by atoms with E-state index in [2.05, 4.69) is 15.7 Å². The molecule has 1 unspecified atom stereocenters. The fourth-order valence-corrected chi connectivity index (χ4v) is 2.58. The molecule has 1 aromatic heterocycles. The topological polar surface area (TPSA) is 79.3 Å². The van der Waals surface area contributed by atoms with Gasteiger partial charge in [0.2, 0.25) is 5.91 Å². The van der Waals surface area contributed by atoms with Crippen molar-refractivity contribution < 1.29 is 9.59 Å². The molecular formula is C16H27N5O2. The zero-order valence-corrected chi connectivity index (χ0v) is 14.4. The molecular weight excluding hydrogens is 294 g/mol. The second-order valence-electron chi connectivity index (χ2n) is 7.11. The summed E-state index contributed by atoms with van der Waals surface area (Å²) in [5.41, 5.74) is -0.235. The van der Waals surface area contributed by atoms with Gasteiger partial charge in [-0.15, -0.1) is 0 Å². The minimum atomic E-state index is -0.327. The molecule has 0 saturated carbocycles. The van der Waals surface area contributed by atoms with Gasteiger partial charge in [0.05, 0.1) is 0 Å². The average Bonchev–Trinajstić information content (AvgIpc) is 2.99. The molecule has 0 aromatic carbocycles. The van der Waals surface area contributed by atoms with Gasteiger partial charge in [0.15, 0.2) is 0 Å². The van der Waals surface area contributed by atoms with Crippen LogP contribution in [0.5, 0.6) is 0 Å². The van der Waals surface area contributed by atoms with E-state index in [9.17, 15) is 9.59 Å². The third-order valence-corrected chi connectivity index (χ3v) is 3.91. The summed E-state index contributed by atoms with van der Waals surface area (Å²) in [5, 5.41) is 10.1. The zero-order chi connectivity index (χ0) is 17.0. The average molecular weight is 321 g/mol. The molecule has 2 heterocycles. The number of nitrogens with one attached hydrogen (secondary N) is 2. The number of likely N-dealkylation sites (tertiary alicyclic amines) is 1. The second-order valence-corrected chi connectivity index (χ2v) is 7.11. The van der Waals surface area contributed by atoms with Crippen molar-refractivity contribution in [2.75, 3.05) is 13.1 Å². The van der Waals surface area contributed by atoms with E-state index in [4.69, 9.17) is 0 Å². The summed E-state index contributed by atoms with van der Waals surface area (Å²) in [7, 11) is 0. The lowest BCUT2D eigenvalue weighted by atomic mass is 10.0. The van der Waals surface area contributed by atoms with Crippen molar-refractivity contribution in [3.63, 3.8) is 0 Å². The van der Waals surface area contributed by atoms with E-state index in [1.807, 2.05) is 32.6 Å². The van der Waals surface area contributed by atoms with Crippen molar-refractivity contribution >= 4 is 11.9 Å². The number of piperidine rings is 1. The van der Waals surface area contributed by atoms with Crippen LogP contribution in [-0.4, -0.2) is 51.3 Å². The number of amides is 3. The van der Waals surface area contributed by atoms with Crippen molar-refractivity contribution in [1.82, 2.24) is 25.3 Å². The Hall–Kier alpha value is -2.05. The molecule has 7 nitrogen and oxygen atoms in total. The van der Waals surface area contributed by atoms with E-state index >= 15 is 0 Å². The summed E-state index contributed by atoms with van der Waals surface area (Å²) >= 11 is 0. The maximum Gasteiger partial charge on any atom is 0.317 e. The summed E-state index contributed by atoms with van der Waals surface area (Å²) in [4.78, 5) is 26.2. The molecule has 2 rings (SSSR count). The lowest BCUT2D eigenvalue weighted by molar-refractivity contribution is -0.125. The number of hydrogen-bond donors (Lipinski definition) is 2. The predicted molar refractivity (Wildman–Crippen MR) is 88.0 cm³/mol. The molecule has 23 heavy (non-hydrogen) atoms. The van der Waals surface area contributed by atoms with Crippen LogP contribution in [0.4, 0.5) is 4.79 Å². The molecule has 128 valence electrons. The maximum absolute atomic E-state index is 12.2. The Balaban J connectivity index is 1.78. The van der Waals surface area contributed by atoms with Crippen LogP contribution in [0.3, 0.4) is 0 Å². The van der Waals surface area contributed by atoms with Gasteiger partial charge in [-0.3, -0.25) is 9.48 Å². The summed E-state index contributed by atoms with van der Waals surface area (Å²) in [6.45, 7) is 9.04. The first-order chi connectivity index (χ1) is 10.8. The Morgan fingerprint density at radius 1 is 1.26 bits per heavy atom. The first kappa shape index (κ1) is 17.3. The fraction of sp³-hybridized carbons (Fsp3) is 0.688. The molecule has 1 saturated heterocycles. The van der Waals surface area contributed by atoms with Gasteiger partial charge in [-0.1, -0.05) is 0 Å². The van der Waals surface area contributed by atoms with Gasteiger partial charge >= 0.3 is 6.03 Å². The molecule has 7 heteroatoms. The minimum Gasteiger partial charge on any atom is -0.351 e. The van der Waals surface area contributed by atoms with Gasteiger partial charge in [-0.2, -0.15) is 5.10 Å². The van der Waals surface area contributed by atoms with Crippen molar-refractivity contribution in [2.24, 2.45) is 0 Å². The molecule has 1 aliphatic rings. The molecule has 0 bridgehead atoms. The molecule has 1 atom stereocenters. The molecule has 1 aromatic rings. The first-order valence-corrected chi connectivity index (χ1v) is 8.13. The maximum atomic E-state index is 12.2. The SMILES string of the molecule is CC(C(=O)NC1CCN(C(=O)NC(C)(C)C)CC1)n1cccn1. The summed E-state index contributed by atoms with van der Waals surface area (Å²) in [6.07, 6.45) is 4.99. The molecule has 3 amide bonds. The summed E-state index contributed by atoms with van der Waals surface area (Å²) in [5.74, 6) is -0.0358. The minimum absolute atomic E-state index is 0.0350. The van der Waals surface area contributed by atoms with E-state index in [0.29, 0.717) is 13.1 Å². The van der Waals surface area contributed by atoms with Gasteiger partial charge in [0, 0.05) is 37.1 Å². The van der Waals surface area contributed by atoms with Gasteiger partial charge in [-0.05, 0) is 46.6 Å². The molecule has 0 aliphatic carbocycles. The van der Waals surface area contributed by atoms with Crippen LogP contribution in [0.1, 0.15) is 46.6 Å². The van der Waals surface area contributed by atoms with Crippen molar-refractivity contribution in [3.05, 3.63) is 18.5 Å². The van der Waals surface area contributed by atoms with E-state index in [-0.39, 0.29) is 29.6 Å².